The molecule has 0 amide bonds. The molecule has 1 fully saturated rings. The Hall–Kier alpha value is -1.63. The first-order chi connectivity index (χ1) is 7.65. The first-order valence-corrected chi connectivity index (χ1v) is 4.88. The van der Waals surface area contributed by atoms with Gasteiger partial charge in [-0.05, 0) is 12.8 Å². The summed E-state index contributed by atoms with van der Waals surface area (Å²) in [5, 5.41) is 0. The van der Waals surface area contributed by atoms with Crippen LogP contribution in [0.2, 0.25) is 0 Å². The van der Waals surface area contributed by atoms with Crippen molar-refractivity contribution in [2.24, 2.45) is 11.8 Å². The number of carbonyl (C=O) groups is 3. The molecule has 0 spiro atoms. The maximum atomic E-state index is 11.4. The third kappa shape index (κ3) is 3.50. The van der Waals surface area contributed by atoms with Crippen LogP contribution in [0, 0.1) is 5.92 Å². The topological polar surface area (TPSA) is 105 Å². The minimum absolute atomic E-state index is 0.238. The van der Waals surface area contributed by atoms with Crippen molar-refractivity contribution < 1.29 is 28.7 Å². The molecule has 1 heterocycles. The van der Waals surface area contributed by atoms with Crippen LogP contribution in [0.4, 0.5) is 0 Å². The zero-order valence-corrected chi connectivity index (χ0v) is 8.64. The van der Waals surface area contributed by atoms with Gasteiger partial charge < -0.3 is 14.3 Å². The summed E-state index contributed by atoms with van der Waals surface area (Å²) in [7, 11) is 0. The summed E-state index contributed by atoms with van der Waals surface area (Å²) in [5.41, 5.74) is 0. The van der Waals surface area contributed by atoms with Gasteiger partial charge in [-0.3, -0.25) is 9.59 Å². The molecule has 16 heavy (non-hydrogen) atoms. The minimum Gasteiger partial charge on any atom is -0.428 e. The molecule has 0 radical (unpaired) electrons. The van der Waals surface area contributed by atoms with Crippen molar-refractivity contribution in [3.63, 3.8) is 0 Å². The molecule has 0 aliphatic carbocycles. The Morgan fingerprint density at radius 2 is 2.06 bits per heavy atom. The van der Waals surface area contributed by atoms with Crippen molar-refractivity contribution in [3.8, 4) is 0 Å². The molecular weight excluding hydrogens is 218 g/mol. The Bertz CT molecular complexity index is 290. The van der Waals surface area contributed by atoms with Gasteiger partial charge in [-0.25, -0.2) is 4.79 Å². The van der Waals surface area contributed by atoms with Crippen LogP contribution in [0.3, 0.4) is 0 Å². The van der Waals surface area contributed by atoms with E-state index in [2.05, 4.69) is 14.3 Å². The van der Waals surface area contributed by atoms with Gasteiger partial charge in [0.05, 0.1) is 0 Å². The number of esters is 2. The van der Waals surface area contributed by atoms with Crippen molar-refractivity contribution in [2.45, 2.75) is 25.7 Å². The van der Waals surface area contributed by atoms with Gasteiger partial charge in [0.2, 0.25) is 6.79 Å². The first-order valence-electron chi connectivity index (χ1n) is 4.88. The predicted molar refractivity (Wildman–Crippen MR) is 49.3 cm³/mol. The molecule has 1 aliphatic rings. The van der Waals surface area contributed by atoms with Gasteiger partial charge in [0.25, 0.3) is 0 Å². The number of rotatable bonds is 1. The smallest absolute Gasteiger partial charge is 0.338 e. The van der Waals surface area contributed by atoms with Gasteiger partial charge in [0.15, 0.2) is 5.92 Å². The van der Waals surface area contributed by atoms with Gasteiger partial charge in [-0.2, -0.15) is 5.90 Å². The fourth-order valence-electron chi connectivity index (χ4n) is 1.36. The van der Waals surface area contributed by atoms with Crippen LogP contribution >= 0.6 is 0 Å². The molecule has 0 aromatic rings. The lowest BCUT2D eigenvalue weighted by molar-refractivity contribution is -0.175. The standard InChI is InChI=1S/C9H13NO6/c10-16-9(13)6-3-1-2-4-7(11)14-5-15-8(6)12/h6H,1-5,10H2. The summed E-state index contributed by atoms with van der Waals surface area (Å²) in [5.74, 6) is 1.62. The van der Waals surface area contributed by atoms with Crippen LogP contribution in [0.15, 0.2) is 0 Å². The molecule has 1 aliphatic heterocycles. The molecule has 0 bridgehead atoms. The minimum atomic E-state index is -1.04. The highest BCUT2D eigenvalue weighted by molar-refractivity contribution is 5.94. The summed E-state index contributed by atoms with van der Waals surface area (Å²) in [6, 6.07) is 0. The van der Waals surface area contributed by atoms with Gasteiger partial charge in [-0.1, -0.05) is 6.42 Å². The summed E-state index contributed by atoms with van der Waals surface area (Å²) < 4.78 is 9.17. The van der Waals surface area contributed by atoms with E-state index >= 15 is 0 Å². The number of ether oxygens (including phenoxy) is 2. The number of hydrogen-bond acceptors (Lipinski definition) is 7. The molecule has 7 heteroatoms. The van der Waals surface area contributed by atoms with Crippen molar-refractivity contribution in [3.05, 3.63) is 0 Å². The Labute approximate surface area is 91.8 Å². The number of carbonyl (C=O) groups excluding carboxylic acids is 3. The van der Waals surface area contributed by atoms with Crippen LogP contribution in [-0.2, 0) is 28.7 Å². The van der Waals surface area contributed by atoms with Gasteiger partial charge in [0, 0.05) is 6.42 Å². The van der Waals surface area contributed by atoms with Crippen LogP contribution in [-0.4, -0.2) is 24.7 Å². The van der Waals surface area contributed by atoms with Crippen LogP contribution in [0.5, 0.6) is 0 Å². The average Bonchev–Trinajstić information content (AvgIpc) is 2.27. The van der Waals surface area contributed by atoms with Crippen molar-refractivity contribution in [2.75, 3.05) is 6.79 Å². The normalized spacial score (nSPS) is 22.9. The third-order valence-electron chi connectivity index (χ3n) is 2.23. The zero-order chi connectivity index (χ0) is 12.0. The fourth-order valence-corrected chi connectivity index (χ4v) is 1.36. The van der Waals surface area contributed by atoms with Crippen molar-refractivity contribution >= 4 is 17.9 Å². The second-order valence-electron chi connectivity index (χ2n) is 3.33. The predicted octanol–water partition coefficient (Wildman–Crippen LogP) is -0.363. The highest BCUT2D eigenvalue weighted by atomic mass is 16.7. The SMILES string of the molecule is NOC(=O)C1CCCCC(=O)OCOC1=O. The van der Waals surface area contributed by atoms with Gasteiger partial charge in [-0.15, -0.1) is 0 Å². The third-order valence-corrected chi connectivity index (χ3v) is 2.23. The monoisotopic (exact) mass is 231 g/mol. The Balaban J connectivity index is 2.60. The fraction of sp³-hybridized carbons (Fsp3) is 0.667. The maximum absolute atomic E-state index is 11.4. The van der Waals surface area contributed by atoms with E-state index in [4.69, 9.17) is 5.90 Å². The summed E-state index contributed by atoms with van der Waals surface area (Å²) >= 11 is 0. The molecule has 1 unspecified atom stereocenters. The van der Waals surface area contributed by atoms with Crippen LogP contribution in [0.1, 0.15) is 25.7 Å². The van der Waals surface area contributed by atoms with E-state index in [1.165, 1.54) is 0 Å². The lowest BCUT2D eigenvalue weighted by Crippen LogP contribution is -2.31. The van der Waals surface area contributed by atoms with E-state index < -0.39 is 30.6 Å². The summed E-state index contributed by atoms with van der Waals surface area (Å²) in [4.78, 5) is 37.5. The molecule has 0 aromatic carbocycles. The van der Waals surface area contributed by atoms with E-state index in [0.29, 0.717) is 12.8 Å². The van der Waals surface area contributed by atoms with Crippen molar-refractivity contribution in [1.29, 1.82) is 0 Å². The average molecular weight is 231 g/mol. The van der Waals surface area contributed by atoms with E-state index in [-0.39, 0.29) is 12.8 Å². The number of hydrogen-bond donors (Lipinski definition) is 1. The molecular formula is C9H13NO6. The van der Waals surface area contributed by atoms with Crippen LogP contribution < -0.4 is 5.90 Å². The maximum Gasteiger partial charge on any atom is 0.338 e. The highest BCUT2D eigenvalue weighted by Crippen LogP contribution is 2.15. The lowest BCUT2D eigenvalue weighted by Gasteiger charge is -2.15. The highest BCUT2D eigenvalue weighted by Gasteiger charge is 2.30. The van der Waals surface area contributed by atoms with E-state index in [0.717, 1.165) is 0 Å². The second-order valence-corrected chi connectivity index (χ2v) is 3.33. The molecule has 0 saturated carbocycles. The second kappa shape index (κ2) is 6.06. The first kappa shape index (κ1) is 12.4. The van der Waals surface area contributed by atoms with E-state index in [9.17, 15) is 14.4 Å². The van der Waals surface area contributed by atoms with E-state index in [1.807, 2.05) is 0 Å². The Kier molecular flexibility index (Phi) is 4.71. The Morgan fingerprint density at radius 3 is 2.75 bits per heavy atom. The summed E-state index contributed by atoms with van der Waals surface area (Å²) in [6.45, 7) is -0.480. The molecule has 1 saturated heterocycles. The van der Waals surface area contributed by atoms with Crippen LogP contribution in [0.25, 0.3) is 0 Å². The number of cyclic esters (lactones) is 2. The van der Waals surface area contributed by atoms with Gasteiger partial charge >= 0.3 is 17.9 Å². The molecule has 2 N–H and O–H groups in total. The Morgan fingerprint density at radius 1 is 1.31 bits per heavy atom. The zero-order valence-electron chi connectivity index (χ0n) is 8.64. The molecule has 7 nitrogen and oxygen atoms in total. The number of nitrogens with two attached hydrogens (primary N) is 1. The molecule has 1 rings (SSSR count). The van der Waals surface area contributed by atoms with Gasteiger partial charge in [0.1, 0.15) is 0 Å². The van der Waals surface area contributed by atoms with Crippen molar-refractivity contribution in [1.82, 2.24) is 0 Å². The lowest BCUT2D eigenvalue weighted by atomic mass is 10.0. The quantitative estimate of drug-likeness (QED) is 0.373. The largest absolute Gasteiger partial charge is 0.428 e. The molecule has 1 atom stereocenters. The molecule has 0 aromatic heterocycles. The summed E-state index contributed by atoms with van der Waals surface area (Å²) in [6.07, 6.45) is 1.55. The van der Waals surface area contributed by atoms with E-state index in [1.54, 1.807) is 0 Å². The molecule has 90 valence electrons.